The zero-order valence-electron chi connectivity index (χ0n) is 11.4. The van der Waals surface area contributed by atoms with E-state index in [4.69, 9.17) is 15.3 Å². The molecule has 0 radical (unpaired) electrons. The van der Waals surface area contributed by atoms with Crippen LogP contribution in [0.2, 0.25) is 0 Å². The minimum atomic E-state index is 0.323. The Hall–Kier alpha value is -2.78. The van der Waals surface area contributed by atoms with Gasteiger partial charge in [-0.1, -0.05) is 26.0 Å². The van der Waals surface area contributed by atoms with Gasteiger partial charge in [-0.3, -0.25) is 0 Å². The van der Waals surface area contributed by atoms with E-state index < -0.39 is 0 Å². The van der Waals surface area contributed by atoms with E-state index in [1.807, 2.05) is 36.4 Å². The van der Waals surface area contributed by atoms with E-state index in [9.17, 15) is 0 Å². The van der Waals surface area contributed by atoms with Crippen LogP contribution in [-0.4, -0.2) is 0 Å². The lowest BCUT2D eigenvalue weighted by Gasteiger charge is -2.09. The van der Waals surface area contributed by atoms with Crippen molar-refractivity contribution in [2.75, 3.05) is 0 Å². The van der Waals surface area contributed by atoms with Gasteiger partial charge in [0.25, 0.3) is 0 Å². The molecule has 3 heteroatoms. The van der Waals surface area contributed by atoms with Crippen molar-refractivity contribution >= 4 is 0 Å². The zero-order valence-corrected chi connectivity index (χ0v) is 11.4. The predicted molar refractivity (Wildman–Crippen MR) is 76.5 cm³/mol. The Morgan fingerprint density at radius 3 is 2.00 bits per heavy atom. The highest BCUT2D eigenvalue weighted by molar-refractivity contribution is 5.50. The fraction of sp³-hybridized carbons (Fsp3) is 0.176. The summed E-state index contributed by atoms with van der Waals surface area (Å²) in [5, 5.41) is 17.9. The molecule has 0 fully saturated rings. The van der Waals surface area contributed by atoms with Crippen molar-refractivity contribution in [3.63, 3.8) is 0 Å². The van der Waals surface area contributed by atoms with Crippen LogP contribution >= 0.6 is 0 Å². The number of hydrogen-bond donors (Lipinski definition) is 0. The molecular formula is C17H14N2O. The smallest absolute Gasteiger partial charge is 0.128 e. The fourth-order valence-electron chi connectivity index (χ4n) is 1.83. The first-order chi connectivity index (χ1) is 9.63. The van der Waals surface area contributed by atoms with E-state index in [1.54, 1.807) is 18.2 Å². The fourth-order valence-corrected chi connectivity index (χ4v) is 1.83. The first kappa shape index (κ1) is 13.6. The molecule has 0 amide bonds. The van der Waals surface area contributed by atoms with Crippen molar-refractivity contribution in [1.29, 1.82) is 10.5 Å². The van der Waals surface area contributed by atoms with Crippen molar-refractivity contribution in [1.82, 2.24) is 0 Å². The molecule has 0 aliphatic heterocycles. The van der Waals surface area contributed by atoms with Crippen LogP contribution in [0, 0.1) is 22.7 Å². The summed E-state index contributed by atoms with van der Waals surface area (Å²) in [5.74, 6) is 1.74. The summed E-state index contributed by atoms with van der Waals surface area (Å²) in [6.07, 6.45) is 0. The van der Waals surface area contributed by atoms with E-state index >= 15 is 0 Å². The van der Waals surface area contributed by atoms with Gasteiger partial charge in [-0.25, -0.2) is 0 Å². The van der Waals surface area contributed by atoms with Crippen LogP contribution in [0.25, 0.3) is 0 Å². The summed E-state index contributed by atoms with van der Waals surface area (Å²) in [6.45, 7) is 4.27. The highest BCUT2D eigenvalue weighted by Gasteiger charge is 2.05. The van der Waals surface area contributed by atoms with E-state index in [0.717, 1.165) is 0 Å². The number of benzene rings is 2. The van der Waals surface area contributed by atoms with Crippen LogP contribution in [0.4, 0.5) is 0 Å². The molecule has 0 unspecified atom stereocenters. The van der Waals surface area contributed by atoms with Crippen LogP contribution in [0.15, 0.2) is 42.5 Å². The van der Waals surface area contributed by atoms with Gasteiger partial charge in [-0.15, -0.1) is 0 Å². The summed E-state index contributed by atoms with van der Waals surface area (Å²) in [7, 11) is 0. The summed E-state index contributed by atoms with van der Waals surface area (Å²) >= 11 is 0. The quantitative estimate of drug-likeness (QED) is 0.826. The van der Waals surface area contributed by atoms with Gasteiger partial charge in [0, 0.05) is 0 Å². The summed E-state index contributed by atoms with van der Waals surface area (Å²) in [4.78, 5) is 0. The number of rotatable bonds is 3. The molecule has 0 heterocycles. The molecule has 0 aromatic heterocycles. The third-order valence-electron chi connectivity index (χ3n) is 3.01. The normalized spacial score (nSPS) is 9.85. The van der Waals surface area contributed by atoms with E-state index in [2.05, 4.69) is 13.8 Å². The van der Waals surface area contributed by atoms with E-state index in [1.165, 1.54) is 5.56 Å². The first-order valence-corrected chi connectivity index (χ1v) is 6.36. The van der Waals surface area contributed by atoms with Crippen LogP contribution in [-0.2, 0) is 0 Å². The Bertz CT molecular complexity index is 688. The maximum absolute atomic E-state index is 8.98. The van der Waals surface area contributed by atoms with Gasteiger partial charge >= 0.3 is 0 Å². The Morgan fingerprint density at radius 2 is 1.45 bits per heavy atom. The van der Waals surface area contributed by atoms with Gasteiger partial charge in [-0.05, 0) is 41.8 Å². The molecule has 0 aliphatic carbocycles. The summed E-state index contributed by atoms with van der Waals surface area (Å²) in [5.41, 5.74) is 1.92. The lowest BCUT2D eigenvalue weighted by atomic mass is 10.0. The molecule has 2 rings (SSSR count). The SMILES string of the molecule is CC(C)c1ccc(Oc2ccc(C#N)c(C#N)c2)cc1. The molecule has 98 valence electrons. The molecular weight excluding hydrogens is 248 g/mol. The van der Waals surface area contributed by atoms with Gasteiger partial charge < -0.3 is 4.74 Å². The Morgan fingerprint density at radius 1 is 0.850 bits per heavy atom. The van der Waals surface area contributed by atoms with Crippen LogP contribution in [0.1, 0.15) is 36.5 Å². The van der Waals surface area contributed by atoms with Gasteiger partial charge in [0.1, 0.15) is 23.6 Å². The molecule has 0 saturated carbocycles. The second-order valence-corrected chi connectivity index (χ2v) is 4.76. The topological polar surface area (TPSA) is 56.8 Å². The molecule has 0 bridgehead atoms. The van der Waals surface area contributed by atoms with Crippen molar-refractivity contribution in [2.24, 2.45) is 0 Å². The standard InChI is InChI=1S/C17H14N2O/c1-12(2)13-3-6-16(7-4-13)20-17-8-5-14(10-18)15(9-17)11-19/h3-9,12H,1-2H3. The number of nitrogens with zero attached hydrogens (tertiary/aromatic N) is 2. The zero-order chi connectivity index (χ0) is 14.5. The molecule has 0 atom stereocenters. The minimum Gasteiger partial charge on any atom is -0.457 e. The van der Waals surface area contributed by atoms with Crippen LogP contribution in [0.3, 0.4) is 0 Å². The average Bonchev–Trinajstić information content (AvgIpc) is 2.47. The largest absolute Gasteiger partial charge is 0.457 e. The Labute approximate surface area is 118 Å². The van der Waals surface area contributed by atoms with Crippen LogP contribution < -0.4 is 4.74 Å². The molecule has 0 N–H and O–H groups in total. The maximum Gasteiger partial charge on any atom is 0.128 e. The van der Waals surface area contributed by atoms with Crippen molar-refractivity contribution < 1.29 is 4.74 Å². The van der Waals surface area contributed by atoms with E-state index in [-0.39, 0.29) is 0 Å². The first-order valence-electron chi connectivity index (χ1n) is 6.36. The minimum absolute atomic E-state index is 0.323. The van der Waals surface area contributed by atoms with E-state index in [0.29, 0.717) is 28.5 Å². The highest BCUT2D eigenvalue weighted by atomic mass is 16.5. The van der Waals surface area contributed by atoms with Gasteiger partial charge in [-0.2, -0.15) is 10.5 Å². The second-order valence-electron chi connectivity index (χ2n) is 4.76. The highest BCUT2D eigenvalue weighted by Crippen LogP contribution is 2.25. The molecule has 0 aliphatic rings. The van der Waals surface area contributed by atoms with Gasteiger partial charge in [0.15, 0.2) is 0 Å². The summed E-state index contributed by atoms with van der Waals surface area (Å²) in [6, 6.07) is 16.7. The Kier molecular flexibility index (Phi) is 4.03. The lowest BCUT2D eigenvalue weighted by molar-refractivity contribution is 0.482. The van der Waals surface area contributed by atoms with Gasteiger partial charge in [0.2, 0.25) is 0 Å². The molecule has 0 saturated heterocycles. The Balaban J connectivity index is 2.22. The molecule has 2 aromatic rings. The van der Waals surface area contributed by atoms with Crippen LogP contribution in [0.5, 0.6) is 11.5 Å². The van der Waals surface area contributed by atoms with Gasteiger partial charge in [0.05, 0.1) is 11.1 Å². The number of ether oxygens (including phenoxy) is 1. The number of hydrogen-bond acceptors (Lipinski definition) is 3. The molecule has 3 nitrogen and oxygen atoms in total. The summed E-state index contributed by atoms with van der Waals surface area (Å²) < 4.78 is 5.69. The third kappa shape index (κ3) is 2.96. The molecule has 20 heavy (non-hydrogen) atoms. The predicted octanol–water partition coefficient (Wildman–Crippen LogP) is 4.35. The van der Waals surface area contributed by atoms with Crippen molar-refractivity contribution in [3.8, 4) is 23.6 Å². The number of nitriles is 2. The molecule has 0 spiro atoms. The van der Waals surface area contributed by atoms with Crippen molar-refractivity contribution in [3.05, 3.63) is 59.2 Å². The lowest BCUT2D eigenvalue weighted by Crippen LogP contribution is -1.90. The van der Waals surface area contributed by atoms with Crippen molar-refractivity contribution in [2.45, 2.75) is 19.8 Å². The second kappa shape index (κ2) is 5.91. The maximum atomic E-state index is 8.98. The molecule has 2 aromatic carbocycles. The third-order valence-corrected chi connectivity index (χ3v) is 3.01. The monoisotopic (exact) mass is 262 g/mol. The average molecular weight is 262 g/mol.